The highest BCUT2D eigenvalue weighted by atomic mass is 15.2. The molecule has 1 N–H and O–H groups in total. The van der Waals surface area contributed by atoms with Gasteiger partial charge in [-0.05, 0) is 49.2 Å². The van der Waals surface area contributed by atoms with Crippen LogP contribution >= 0.6 is 0 Å². The summed E-state index contributed by atoms with van der Waals surface area (Å²) in [5.41, 5.74) is 2.66. The highest BCUT2D eigenvalue weighted by Gasteiger charge is 2.17. The van der Waals surface area contributed by atoms with E-state index >= 15 is 0 Å². The Bertz CT molecular complexity index is 535. The van der Waals surface area contributed by atoms with Crippen LogP contribution in [0.2, 0.25) is 0 Å². The van der Waals surface area contributed by atoms with Gasteiger partial charge in [-0.25, -0.2) is 0 Å². The zero-order valence-electron chi connectivity index (χ0n) is 13.1. The largest absolute Gasteiger partial charge is 0.305 e. The standard InChI is InChI=1S/C19H25N3/c1-3-7-18(8-4-1)19(16-22-13-5-2-6-14-22)21-15-17-9-11-20-12-10-17/h1,3-4,7-12,19,21H,2,5-6,13-16H2/t19-/m0/s1. The average Bonchev–Trinajstić information content (AvgIpc) is 2.61. The molecule has 1 saturated heterocycles. The fourth-order valence-corrected chi connectivity index (χ4v) is 3.12. The number of benzene rings is 1. The Kier molecular flexibility index (Phi) is 5.57. The van der Waals surface area contributed by atoms with Gasteiger partial charge in [-0.15, -0.1) is 0 Å². The number of aromatic nitrogens is 1. The van der Waals surface area contributed by atoms with Crippen molar-refractivity contribution in [2.75, 3.05) is 19.6 Å². The third kappa shape index (κ3) is 4.39. The molecule has 0 saturated carbocycles. The summed E-state index contributed by atoms with van der Waals surface area (Å²) >= 11 is 0. The first kappa shape index (κ1) is 15.2. The van der Waals surface area contributed by atoms with Crippen molar-refractivity contribution in [2.24, 2.45) is 0 Å². The molecule has 0 bridgehead atoms. The average molecular weight is 295 g/mol. The molecule has 1 fully saturated rings. The van der Waals surface area contributed by atoms with E-state index in [2.05, 4.69) is 57.7 Å². The van der Waals surface area contributed by atoms with Crippen molar-refractivity contribution in [1.82, 2.24) is 15.2 Å². The summed E-state index contributed by atoms with van der Waals surface area (Å²) in [5, 5.41) is 3.73. The maximum atomic E-state index is 4.09. The molecule has 22 heavy (non-hydrogen) atoms. The molecule has 0 unspecified atom stereocenters. The molecule has 3 heteroatoms. The van der Waals surface area contributed by atoms with E-state index in [1.165, 1.54) is 43.5 Å². The lowest BCUT2D eigenvalue weighted by Crippen LogP contribution is -2.38. The minimum Gasteiger partial charge on any atom is -0.305 e. The Labute approximate surface area is 133 Å². The summed E-state index contributed by atoms with van der Waals surface area (Å²) in [6, 6.07) is 15.4. The molecule has 3 nitrogen and oxygen atoms in total. The van der Waals surface area contributed by atoms with E-state index in [1.807, 2.05) is 12.4 Å². The van der Waals surface area contributed by atoms with Crippen LogP contribution in [-0.2, 0) is 6.54 Å². The van der Waals surface area contributed by atoms with Gasteiger partial charge in [-0.3, -0.25) is 4.98 Å². The Morgan fingerprint density at radius 2 is 1.68 bits per heavy atom. The fraction of sp³-hybridized carbons (Fsp3) is 0.421. The predicted molar refractivity (Wildman–Crippen MR) is 90.6 cm³/mol. The monoisotopic (exact) mass is 295 g/mol. The molecule has 2 heterocycles. The van der Waals surface area contributed by atoms with E-state index < -0.39 is 0 Å². The van der Waals surface area contributed by atoms with Crippen molar-refractivity contribution >= 4 is 0 Å². The van der Waals surface area contributed by atoms with Gasteiger partial charge in [-0.2, -0.15) is 0 Å². The first-order valence-electron chi connectivity index (χ1n) is 8.31. The van der Waals surface area contributed by atoms with Gasteiger partial charge >= 0.3 is 0 Å². The predicted octanol–water partition coefficient (Wildman–Crippen LogP) is 3.40. The Morgan fingerprint density at radius 1 is 0.955 bits per heavy atom. The second kappa shape index (κ2) is 8.06. The smallest absolute Gasteiger partial charge is 0.0451 e. The van der Waals surface area contributed by atoms with Crippen molar-refractivity contribution in [2.45, 2.75) is 31.8 Å². The first-order valence-corrected chi connectivity index (χ1v) is 8.31. The first-order chi connectivity index (χ1) is 10.9. The number of nitrogens with one attached hydrogen (secondary N) is 1. The number of likely N-dealkylation sites (tertiary alicyclic amines) is 1. The molecule has 1 aliphatic heterocycles. The van der Waals surface area contributed by atoms with Crippen molar-refractivity contribution in [1.29, 1.82) is 0 Å². The summed E-state index contributed by atoms with van der Waals surface area (Å²) in [7, 11) is 0. The molecule has 3 rings (SSSR count). The zero-order valence-corrected chi connectivity index (χ0v) is 13.1. The van der Waals surface area contributed by atoms with Crippen LogP contribution in [0.1, 0.15) is 36.4 Å². The van der Waals surface area contributed by atoms with E-state index in [0.717, 1.165) is 13.1 Å². The van der Waals surface area contributed by atoms with Gasteiger partial charge in [-0.1, -0.05) is 36.8 Å². The third-order valence-corrected chi connectivity index (χ3v) is 4.39. The molecule has 2 aromatic rings. The topological polar surface area (TPSA) is 28.2 Å². The van der Waals surface area contributed by atoms with Crippen LogP contribution in [-0.4, -0.2) is 29.5 Å². The maximum Gasteiger partial charge on any atom is 0.0451 e. The van der Waals surface area contributed by atoms with Crippen LogP contribution in [0.15, 0.2) is 54.9 Å². The van der Waals surface area contributed by atoms with Crippen LogP contribution in [0, 0.1) is 0 Å². The third-order valence-electron chi connectivity index (χ3n) is 4.39. The van der Waals surface area contributed by atoms with Gasteiger partial charge in [0.25, 0.3) is 0 Å². The molecule has 0 spiro atoms. The van der Waals surface area contributed by atoms with Crippen molar-refractivity contribution in [3.63, 3.8) is 0 Å². The van der Waals surface area contributed by atoms with Crippen LogP contribution in [0.4, 0.5) is 0 Å². The summed E-state index contributed by atoms with van der Waals surface area (Å²) in [6.45, 7) is 4.45. The molecular formula is C19H25N3. The van der Waals surface area contributed by atoms with Crippen LogP contribution < -0.4 is 5.32 Å². The van der Waals surface area contributed by atoms with Gasteiger partial charge in [0, 0.05) is 31.5 Å². The molecule has 1 aromatic carbocycles. The summed E-state index contributed by atoms with van der Waals surface area (Å²) in [5.74, 6) is 0. The second-order valence-electron chi connectivity index (χ2n) is 6.06. The molecule has 0 amide bonds. The van der Waals surface area contributed by atoms with E-state index in [0.29, 0.717) is 6.04 Å². The normalized spacial score (nSPS) is 17.3. The zero-order chi connectivity index (χ0) is 15.0. The minimum atomic E-state index is 0.382. The number of piperidine rings is 1. The minimum absolute atomic E-state index is 0.382. The Morgan fingerprint density at radius 3 is 2.41 bits per heavy atom. The summed E-state index contributed by atoms with van der Waals surface area (Å²) in [6.07, 6.45) is 7.78. The van der Waals surface area contributed by atoms with Gasteiger partial charge < -0.3 is 10.2 Å². The number of hydrogen-bond donors (Lipinski definition) is 1. The van der Waals surface area contributed by atoms with Gasteiger partial charge in [0.2, 0.25) is 0 Å². The molecular weight excluding hydrogens is 270 g/mol. The molecule has 1 aromatic heterocycles. The van der Waals surface area contributed by atoms with Gasteiger partial charge in [0.1, 0.15) is 0 Å². The van der Waals surface area contributed by atoms with Crippen LogP contribution in [0.25, 0.3) is 0 Å². The highest BCUT2D eigenvalue weighted by Crippen LogP contribution is 2.18. The lowest BCUT2D eigenvalue weighted by atomic mass is 10.0. The summed E-state index contributed by atoms with van der Waals surface area (Å²) < 4.78 is 0. The van der Waals surface area contributed by atoms with E-state index in [-0.39, 0.29) is 0 Å². The Balaban J connectivity index is 1.65. The van der Waals surface area contributed by atoms with E-state index in [4.69, 9.17) is 0 Å². The quantitative estimate of drug-likeness (QED) is 0.885. The molecule has 116 valence electrons. The number of hydrogen-bond acceptors (Lipinski definition) is 3. The maximum absolute atomic E-state index is 4.09. The molecule has 1 atom stereocenters. The lowest BCUT2D eigenvalue weighted by molar-refractivity contribution is 0.204. The molecule has 1 aliphatic rings. The van der Waals surface area contributed by atoms with Gasteiger partial charge in [0.05, 0.1) is 0 Å². The fourth-order valence-electron chi connectivity index (χ4n) is 3.12. The van der Waals surface area contributed by atoms with Crippen molar-refractivity contribution in [3.8, 4) is 0 Å². The SMILES string of the molecule is c1ccc([C@H](CN2CCCCC2)NCc2ccncc2)cc1. The molecule has 0 radical (unpaired) electrons. The van der Waals surface area contributed by atoms with E-state index in [9.17, 15) is 0 Å². The second-order valence-corrected chi connectivity index (χ2v) is 6.06. The van der Waals surface area contributed by atoms with Crippen molar-refractivity contribution < 1.29 is 0 Å². The highest BCUT2D eigenvalue weighted by molar-refractivity contribution is 5.20. The number of pyridine rings is 1. The van der Waals surface area contributed by atoms with Crippen molar-refractivity contribution in [3.05, 3.63) is 66.0 Å². The van der Waals surface area contributed by atoms with E-state index in [1.54, 1.807) is 0 Å². The van der Waals surface area contributed by atoms with Gasteiger partial charge in [0.15, 0.2) is 0 Å². The van der Waals surface area contributed by atoms with Crippen LogP contribution in [0.3, 0.4) is 0 Å². The number of rotatable bonds is 6. The Hall–Kier alpha value is -1.71. The summed E-state index contributed by atoms with van der Waals surface area (Å²) in [4.78, 5) is 6.69. The molecule has 0 aliphatic carbocycles. The number of nitrogens with zero attached hydrogens (tertiary/aromatic N) is 2. The van der Waals surface area contributed by atoms with Crippen LogP contribution in [0.5, 0.6) is 0 Å². The lowest BCUT2D eigenvalue weighted by Gasteiger charge is -2.31.